The molecule has 0 fully saturated rings. The van der Waals surface area contributed by atoms with Crippen LogP contribution in [0.2, 0.25) is 0 Å². The first-order chi connectivity index (χ1) is 20.1. The van der Waals surface area contributed by atoms with E-state index in [1.807, 2.05) is 0 Å². The molecule has 0 spiro atoms. The van der Waals surface area contributed by atoms with Crippen LogP contribution < -0.4 is 0 Å². The zero-order valence-electron chi connectivity index (χ0n) is 23.0. The molecule has 2 heteroatoms. The second-order valence-corrected chi connectivity index (χ2v) is 11.7. The number of hydrogen-bond donors (Lipinski definition) is 0. The number of aromatic nitrogens is 1. The summed E-state index contributed by atoms with van der Waals surface area (Å²) in [4.78, 5) is 0. The second kappa shape index (κ2) is 7.99. The second-order valence-electron chi connectivity index (χ2n) is 11.7. The normalized spacial score (nSPS) is 13.8. The van der Waals surface area contributed by atoms with Gasteiger partial charge in [0.05, 0.1) is 11.0 Å². The Labute approximate surface area is 238 Å². The van der Waals surface area contributed by atoms with E-state index in [9.17, 15) is 0 Å². The van der Waals surface area contributed by atoms with Gasteiger partial charge in [-0.05, 0) is 69.8 Å². The number of fused-ring (bicyclic) bond motifs is 10. The third kappa shape index (κ3) is 2.97. The standard InChI is InChI=1S/C39H27NO/c1-39(2)32-17-9-6-14-26(32)27-21-20-24(22-33(27)39)30-23-31-28-15-8-11-19-35(28)41-38(31)37-36(30)29-16-7-10-18-34(29)40(37)25-12-4-3-5-13-25/h3-23H,1-2H3. The van der Waals surface area contributed by atoms with Gasteiger partial charge in [-0.15, -0.1) is 0 Å². The Morgan fingerprint density at radius 2 is 1.27 bits per heavy atom. The van der Waals surface area contributed by atoms with Crippen molar-refractivity contribution in [3.63, 3.8) is 0 Å². The van der Waals surface area contributed by atoms with Crippen LogP contribution in [0.4, 0.5) is 0 Å². The van der Waals surface area contributed by atoms with Crippen molar-refractivity contribution in [1.29, 1.82) is 0 Å². The molecular weight excluding hydrogens is 498 g/mol. The number of para-hydroxylation sites is 3. The van der Waals surface area contributed by atoms with E-state index in [2.05, 4.69) is 146 Å². The summed E-state index contributed by atoms with van der Waals surface area (Å²) in [5.41, 5.74) is 13.1. The lowest BCUT2D eigenvalue weighted by atomic mass is 9.81. The highest BCUT2D eigenvalue weighted by Crippen LogP contribution is 2.51. The molecule has 0 saturated carbocycles. The van der Waals surface area contributed by atoms with Crippen molar-refractivity contribution in [2.75, 3.05) is 0 Å². The fraction of sp³-hybridized carbons (Fsp3) is 0.0769. The Morgan fingerprint density at radius 1 is 0.561 bits per heavy atom. The van der Waals surface area contributed by atoms with Gasteiger partial charge in [0, 0.05) is 32.6 Å². The molecule has 0 amide bonds. The molecule has 41 heavy (non-hydrogen) atoms. The molecule has 1 aliphatic carbocycles. The molecule has 1 aliphatic rings. The molecule has 6 aromatic carbocycles. The molecule has 0 radical (unpaired) electrons. The molecule has 2 heterocycles. The summed E-state index contributed by atoms with van der Waals surface area (Å²) in [5.74, 6) is 0. The van der Waals surface area contributed by atoms with Crippen LogP contribution in [-0.4, -0.2) is 4.57 Å². The van der Waals surface area contributed by atoms with Crippen molar-refractivity contribution >= 4 is 43.7 Å². The van der Waals surface area contributed by atoms with Crippen LogP contribution in [0.1, 0.15) is 25.0 Å². The van der Waals surface area contributed by atoms with E-state index in [1.54, 1.807) is 0 Å². The summed E-state index contributed by atoms with van der Waals surface area (Å²) in [5, 5.41) is 4.74. The number of nitrogens with zero attached hydrogens (tertiary/aromatic N) is 1. The Morgan fingerprint density at radius 3 is 2.15 bits per heavy atom. The van der Waals surface area contributed by atoms with Gasteiger partial charge in [0.15, 0.2) is 5.58 Å². The predicted octanol–water partition coefficient (Wildman–Crippen LogP) is 10.7. The summed E-state index contributed by atoms with van der Waals surface area (Å²) >= 11 is 0. The summed E-state index contributed by atoms with van der Waals surface area (Å²) in [6.07, 6.45) is 0. The molecule has 2 aromatic heterocycles. The molecule has 0 N–H and O–H groups in total. The summed E-state index contributed by atoms with van der Waals surface area (Å²) in [6, 6.07) is 46.1. The minimum atomic E-state index is -0.0640. The molecular formula is C39H27NO. The Balaban J connectivity index is 1.46. The van der Waals surface area contributed by atoms with E-state index in [0.717, 1.165) is 33.1 Å². The smallest absolute Gasteiger partial charge is 0.160 e. The molecule has 0 unspecified atom stereocenters. The van der Waals surface area contributed by atoms with Crippen molar-refractivity contribution in [1.82, 2.24) is 4.57 Å². The summed E-state index contributed by atoms with van der Waals surface area (Å²) < 4.78 is 9.06. The first-order valence-electron chi connectivity index (χ1n) is 14.3. The van der Waals surface area contributed by atoms with Gasteiger partial charge in [-0.1, -0.05) is 105 Å². The van der Waals surface area contributed by atoms with Gasteiger partial charge in [-0.3, -0.25) is 0 Å². The van der Waals surface area contributed by atoms with Gasteiger partial charge in [0.2, 0.25) is 0 Å². The lowest BCUT2D eigenvalue weighted by Gasteiger charge is -2.22. The van der Waals surface area contributed by atoms with Crippen LogP contribution in [0, 0.1) is 0 Å². The van der Waals surface area contributed by atoms with Crippen LogP contribution in [0.3, 0.4) is 0 Å². The Kier molecular flexibility index (Phi) is 4.42. The largest absolute Gasteiger partial charge is 0.454 e. The highest BCUT2D eigenvalue weighted by molar-refractivity contribution is 6.26. The third-order valence-corrected chi connectivity index (χ3v) is 9.19. The van der Waals surface area contributed by atoms with E-state index >= 15 is 0 Å². The fourth-order valence-electron chi connectivity index (χ4n) is 7.27. The fourth-order valence-corrected chi connectivity index (χ4v) is 7.27. The molecule has 8 aromatic rings. The minimum Gasteiger partial charge on any atom is -0.454 e. The quantitative estimate of drug-likeness (QED) is 0.219. The van der Waals surface area contributed by atoms with Crippen LogP contribution in [0.5, 0.6) is 0 Å². The minimum absolute atomic E-state index is 0.0640. The van der Waals surface area contributed by atoms with Crippen molar-refractivity contribution in [3.8, 4) is 27.9 Å². The maximum Gasteiger partial charge on any atom is 0.160 e. The zero-order valence-corrected chi connectivity index (χ0v) is 23.0. The van der Waals surface area contributed by atoms with Crippen LogP contribution in [0.15, 0.2) is 132 Å². The lowest BCUT2D eigenvalue weighted by molar-refractivity contribution is 0.660. The summed E-state index contributed by atoms with van der Waals surface area (Å²) in [6.45, 7) is 4.70. The van der Waals surface area contributed by atoms with Gasteiger partial charge in [-0.2, -0.15) is 0 Å². The average molecular weight is 526 g/mol. The predicted molar refractivity (Wildman–Crippen MR) is 171 cm³/mol. The highest BCUT2D eigenvalue weighted by atomic mass is 16.3. The van der Waals surface area contributed by atoms with Crippen LogP contribution in [0.25, 0.3) is 71.7 Å². The van der Waals surface area contributed by atoms with E-state index < -0.39 is 0 Å². The van der Waals surface area contributed by atoms with E-state index in [4.69, 9.17) is 4.42 Å². The first-order valence-corrected chi connectivity index (χ1v) is 14.3. The van der Waals surface area contributed by atoms with Gasteiger partial charge in [-0.25, -0.2) is 0 Å². The van der Waals surface area contributed by atoms with Gasteiger partial charge < -0.3 is 8.98 Å². The maximum absolute atomic E-state index is 6.68. The SMILES string of the molecule is CC1(C)c2ccccc2-c2ccc(-c3cc4c5ccccc5oc4c4c3c3ccccc3n4-c3ccccc3)cc21. The van der Waals surface area contributed by atoms with Gasteiger partial charge in [0.25, 0.3) is 0 Å². The van der Waals surface area contributed by atoms with Crippen molar-refractivity contribution < 1.29 is 4.42 Å². The van der Waals surface area contributed by atoms with Crippen molar-refractivity contribution in [2.24, 2.45) is 0 Å². The number of furan rings is 1. The molecule has 194 valence electrons. The summed E-state index contributed by atoms with van der Waals surface area (Å²) in [7, 11) is 0. The van der Waals surface area contributed by atoms with E-state index in [0.29, 0.717) is 0 Å². The zero-order chi connectivity index (χ0) is 27.3. The number of rotatable bonds is 2. The van der Waals surface area contributed by atoms with Crippen molar-refractivity contribution in [2.45, 2.75) is 19.3 Å². The Bertz CT molecular complexity index is 2330. The molecule has 0 bridgehead atoms. The average Bonchev–Trinajstić information content (AvgIpc) is 3.64. The molecule has 2 nitrogen and oxygen atoms in total. The molecule has 9 rings (SSSR count). The van der Waals surface area contributed by atoms with E-state index in [1.165, 1.54) is 49.7 Å². The lowest BCUT2D eigenvalue weighted by Crippen LogP contribution is -2.14. The molecule has 0 saturated heterocycles. The molecule has 0 aliphatic heterocycles. The highest BCUT2D eigenvalue weighted by Gasteiger charge is 2.35. The van der Waals surface area contributed by atoms with Gasteiger partial charge >= 0.3 is 0 Å². The third-order valence-electron chi connectivity index (χ3n) is 9.19. The monoisotopic (exact) mass is 525 g/mol. The van der Waals surface area contributed by atoms with Crippen LogP contribution in [-0.2, 0) is 5.41 Å². The number of hydrogen-bond acceptors (Lipinski definition) is 1. The number of benzene rings is 6. The Hall–Kier alpha value is -5.08. The van der Waals surface area contributed by atoms with E-state index in [-0.39, 0.29) is 5.41 Å². The first kappa shape index (κ1) is 22.7. The van der Waals surface area contributed by atoms with Crippen LogP contribution >= 0.6 is 0 Å². The topological polar surface area (TPSA) is 18.1 Å². The molecule has 0 atom stereocenters. The maximum atomic E-state index is 6.68. The van der Waals surface area contributed by atoms with Gasteiger partial charge in [0.1, 0.15) is 5.58 Å². The van der Waals surface area contributed by atoms with Crippen molar-refractivity contribution in [3.05, 3.63) is 139 Å².